The Morgan fingerprint density at radius 1 is 1.15 bits per heavy atom. The van der Waals surface area contributed by atoms with Crippen LogP contribution in [0, 0.1) is 5.82 Å². The molecular weight excluding hydrogens is 465 g/mol. The Bertz CT molecular complexity index is 1190. The number of carboxylic acid groups (broad SMARTS) is 1. The average Bonchev–Trinajstić information content (AvgIpc) is 3.19. The molecule has 10 nitrogen and oxygen atoms in total. The lowest BCUT2D eigenvalue weighted by molar-refractivity contribution is -0.121. The summed E-state index contributed by atoms with van der Waals surface area (Å²) in [5.41, 5.74) is 7.84. The quantitative estimate of drug-likeness (QED) is 0.425. The van der Waals surface area contributed by atoms with Gasteiger partial charge in [0.05, 0.1) is 20.2 Å². The van der Waals surface area contributed by atoms with Crippen molar-refractivity contribution in [1.29, 1.82) is 0 Å². The van der Waals surface area contributed by atoms with E-state index < -0.39 is 17.8 Å². The number of rotatable bonds is 7. The summed E-state index contributed by atoms with van der Waals surface area (Å²) < 4.78 is 18.9. The molecule has 2 heterocycles. The second-order valence-corrected chi connectivity index (χ2v) is 8.36. The van der Waals surface area contributed by atoms with Crippen molar-refractivity contribution in [2.75, 3.05) is 49.2 Å². The second-order valence-electron chi connectivity index (χ2n) is 7.36. The van der Waals surface area contributed by atoms with Crippen LogP contribution in [0.3, 0.4) is 0 Å². The van der Waals surface area contributed by atoms with E-state index in [2.05, 4.69) is 20.0 Å². The number of hydrogen-bond acceptors (Lipinski definition) is 10. The van der Waals surface area contributed by atoms with Gasteiger partial charge in [0, 0.05) is 30.0 Å². The lowest BCUT2D eigenvalue weighted by Gasteiger charge is -2.34. The topological polar surface area (TPSA) is 130 Å². The highest BCUT2D eigenvalue weighted by molar-refractivity contribution is 7.18. The van der Waals surface area contributed by atoms with Crippen molar-refractivity contribution in [3.8, 4) is 5.75 Å². The van der Waals surface area contributed by atoms with E-state index in [0.29, 0.717) is 31.3 Å². The third-order valence-corrected chi connectivity index (χ3v) is 6.19. The maximum absolute atomic E-state index is 14.0. The van der Waals surface area contributed by atoms with Crippen molar-refractivity contribution < 1.29 is 28.7 Å². The zero-order valence-corrected chi connectivity index (χ0v) is 19.0. The molecule has 12 heteroatoms. The van der Waals surface area contributed by atoms with Gasteiger partial charge >= 0.3 is 6.16 Å². The van der Waals surface area contributed by atoms with E-state index in [9.17, 15) is 14.0 Å². The summed E-state index contributed by atoms with van der Waals surface area (Å²) >= 11 is 1.08. The Balaban J connectivity index is 1.40. The fraction of sp³-hybridized carbons (Fsp3) is 0.227. The van der Waals surface area contributed by atoms with Gasteiger partial charge in [-0.2, -0.15) is 0 Å². The SMILES string of the molecule is COc1ccc(C(=O)c2sc(Nc3ccc(N4CCN(OC(=O)O)CC4)cc3)nc2N)cc1F. The maximum atomic E-state index is 14.0. The van der Waals surface area contributed by atoms with Crippen molar-refractivity contribution in [3.05, 3.63) is 58.7 Å². The predicted molar refractivity (Wildman–Crippen MR) is 126 cm³/mol. The molecule has 0 bridgehead atoms. The van der Waals surface area contributed by atoms with Crippen molar-refractivity contribution in [1.82, 2.24) is 10.0 Å². The zero-order valence-electron chi connectivity index (χ0n) is 18.2. The van der Waals surface area contributed by atoms with Gasteiger partial charge in [0.25, 0.3) is 0 Å². The molecule has 178 valence electrons. The van der Waals surface area contributed by atoms with Crippen LogP contribution in [0.25, 0.3) is 0 Å². The first-order chi connectivity index (χ1) is 16.3. The molecule has 34 heavy (non-hydrogen) atoms. The van der Waals surface area contributed by atoms with Gasteiger partial charge < -0.3 is 30.6 Å². The molecule has 1 aliphatic rings. The minimum Gasteiger partial charge on any atom is -0.494 e. The number of nitrogens with one attached hydrogen (secondary N) is 1. The first-order valence-electron chi connectivity index (χ1n) is 10.3. The van der Waals surface area contributed by atoms with Crippen molar-refractivity contribution in [3.63, 3.8) is 0 Å². The standard InChI is InChI=1S/C22H22FN5O5S/c1-32-17-7-2-13(12-16(17)23)18(29)19-20(24)26-21(34-19)25-14-3-5-15(6-4-14)27-8-10-28(11-9-27)33-22(30)31/h2-7,12H,8-11,24H2,1H3,(H,25,26)(H,30,31). The number of nitrogens with two attached hydrogens (primary N) is 1. The molecule has 0 aliphatic carbocycles. The molecule has 0 unspecified atom stereocenters. The monoisotopic (exact) mass is 487 g/mol. The van der Waals surface area contributed by atoms with Crippen molar-refractivity contribution >= 4 is 45.6 Å². The van der Waals surface area contributed by atoms with Gasteiger partial charge in [0.2, 0.25) is 5.78 Å². The van der Waals surface area contributed by atoms with Crippen molar-refractivity contribution in [2.24, 2.45) is 0 Å². The van der Waals surface area contributed by atoms with Gasteiger partial charge in [-0.15, -0.1) is 5.06 Å². The van der Waals surface area contributed by atoms with Gasteiger partial charge in [0.15, 0.2) is 16.7 Å². The number of piperazine rings is 1. The van der Waals surface area contributed by atoms with Gasteiger partial charge in [-0.05, 0) is 42.5 Å². The number of methoxy groups -OCH3 is 1. The lowest BCUT2D eigenvalue weighted by atomic mass is 10.1. The number of carbonyl (C=O) groups excluding carboxylic acids is 1. The highest BCUT2D eigenvalue weighted by atomic mass is 32.1. The molecule has 0 radical (unpaired) electrons. The fourth-order valence-electron chi connectivity index (χ4n) is 3.51. The van der Waals surface area contributed by atoms with Gasteiger partial charge in [-0.1, -0.05) is 11.3 Å². The first kappa shape index (κ1) is 23.3. The van der Waals surface area contributed by atoms with Crippen LogP contribution in [0.2, 0.25) is 0 Å². The number of nitrogens with zero attached hydrogens (tertiary/aromatic N) is 3. The number of halogens is 1. The van der Waals surface area contributed by atoms with Crippen LogP contribution < -0.4 is 20.7 Å². The summed E-state index contributed by atoms with van der Waals surface area (Å²) in [6.45, 7) is 2.19. The molecule has 1 aromatic heterocycles. The van der Waals surface area contributed by atoms with Crippen LogP contribution in [0.4, 0.5) is 31.5 Å². The normalized spacial score (nSPS) is 14.0. The highest BCUT2D eigenvalue weighted by Gasteiger charge is 2.21. The summed E-state index contributed by atoms with van der Waals surface area (Å²) in [6.07, 6.45) is -1.31. The fourth-order valence-corrected chi connectivity index (χ4v) is 4.38. The summed E-state index contributed by atoms with van der Waals surface area (Å²) in [5.74, 6) is -0.946. The van der Waals surface area contributed by atoms with Gasteiger partial charge in [0.1, 0.15) is 10.7 Å². The van der Waals surface area contributed by atoms with E-state index in [4.69, 9.17) is 15.6 Å². The molecule has 0 spiro atoms. The van der Waals surface area contributed by atoms with E-state index in [1.165, 1.54) is 24.3 Å². The molecule has 1 saturated heterocycles. The summed E-state index contributed by atoms with van der Waals surface area (Å²) in [4.78, 5) is 34.7. The van der Waals surface area contributed by atoms with Gasteiger partial charge in [-0.25, -0.2) is 14.2 Å². The Kier molecular flexibility index (Phi) is 6.80. The number of aromatic nitrogens is 1. The van der Waals surface area contributed by atoms with E-state index in [1.54, 1.807) is 0 Å². The highest BCUT2D eigenvalue weighted by Crippen LogP contribution is 2.31. The smallest absolute Gasteiger partial charge is 0.494 e. The molecule has 1 aliphatic heterocycles. The maximum Gasteiger partial charge on any atom is 0.525 e. The Morgan fingerprint density at radius 2 is 1.85 bits per heavy atom. The summed E-state index contributed by atoms with van der Waals surface area (Å²) in [5, 5.41) is 13.7. The second kappa shape index (κ2) is 9.93. The molecule has 4 rings (SSSR count). The average molecular weight is 488 g/mol. The van der Waals surface area contributed by atoms with Gasteiger partial charge in [-0.3, -0.25) is 4.79 Å². The number of thiazole rings is 1. The number of carbonyl (C=O) groups is 2. The molecule has 0 saturated carbocycles. The van der Waals surface area contributed by atoms with Crippen molar-refractivity contribution in [2.45, 2.75) is 0 Å². The lowest BCUT2D eigenvalue weighted by Crippen LogP contribution is -2.46. The van der Waals surface area contributed by atoms with Crippen LogP contribution in [0.5, 0.6) is 5.75 Å². The first-order valence-corrected chi connectivity index (χ1v) is 11.1. The number of ether oxygens (including phenoxy) is 1. The number of hydroxylamine groups is 2. The van der Waals surface area contributed by atoms with Crippen LogP contribution >= 0.6 is 11.3 Å². The Hall–Kier alpha value is -3.90. The van der Waals surface area contributed by atoms with Crippen LogP contribution in [0.1, 0.15) is 15.2 Å². The van der Waals surface area contributed by atoms with E-state index in [0.717, 1.165) is 28.8 Å². The van der Waals surface area contributed by atoms with Crippen LogP contribution in [0.15, 0.2) is 42.5 Å². The predicted octanol–water partition coefficient (Wildman–Crippen LogP) is 3.58. The summed E-state index contributed by atoms with van der Waals surface area (Å²) in [7, 11) is 1.35. The molecule has 0 amide bonds. The number of benzene rings is 2. The number of anilines is 4. The zero-order chi connectivity index (χ0) is 24.2. The van der Waals surface area contributed by atoms with E-state index >= 15 is 0 Å². The third-order valence-electron chi connectivity index (χ3n) is 5.20. The third kappa shape index (κ3) is 5.18. The Morgan fingerprint density at radius 3 is 2.47 bits per heavy atom. The largest absolute Gasteiger partial charge is 0.525 e. The molecule has 1 fully saturated rings. The molecule has 2 aromatic carbocycles. The molecule has 0 atom stereocenters. The molecule has 3 aromatic rings. The molecule has 4 N–H and O–H groups in total. The van der Waals surface area contributed by atoms with Crippen LogP contribution in [-0.2, 0) is 4.84 Å². The summed E-state index contributed by atoms with van der Waals surface area (Å²) in [6, 6.07) is 11.6. The minimum atomic E-state index is -1.31. The van der Waals surface area contributed by atoms with E-state index in [-0.39, 0.29) is 22.0 Å². The number of nitrogen functional groups attached to an aromatic ring is 1. The van der Waals surface area contributed by atoms with E-state index in [1.807, 2.05) is 24.3 Å². The van der Waals surface area contributed by atoms with Crippen LogP contribution in [-0.4, -0.2) is 60.4 Å². The minimum absolute atomic E-state index is 0.0510. The number of ketones is 1. The molecular formula is C22H22FN5O5S. The number of hydrogen-bond donors (Lipinski definition) is 3. The Labute approximate surface area is 198 Å².